The van der Waals surface area contributed by atoms with Crippen LogP contribution in [0.15, 0.2) is 54.6 Å². The molecule has 0 saturated carbocycles. The Hall–Kier alpha value is -2.89. The standard InChI is InChI=1S/C16H15FN2O3/c17-12-5-4-6-13(9-12)19-15(20)10-18-16(21)11-22-14-7-2-1-3-8-14/h1-9H,10-11H2,(H,18,21)(H,19,20). The number of hydrogen-bond acceptors (Lipinski definition) is 3. The van der Waals surface area contributed by atoms with Crippen LogP contribution in [0.1, 0.15) is 0 Å². The number of ether oxygens (including phenoxy) is 1. The number of para-hydroxylation sites is 1. The SMILES string of the molecule is O=C(COc1ccccc1)NCC(=O)Nc1cccc(F)c1. The Morgan fingerprint density at radius 3 is 2.50 bits per heavy atom. The average Bonchev–Trinajstić information content (AvgIpc) is 2.52. The van der Waals surface area contributed by atoms with Gasteiger partial charge >= 0.3 is 0 Å². The summed E-state index contributed by atoms with van der Waals surface area (Å²) in [5.41, 5.74) is 0.333. The van der Waals surface area contributed by atoms with Gasteiger partial charge in [-0.05, 0) is 30.3 Å². The molecule has 0 fully saturated rings. The molecule has 0 atom stereocenters. The maximum atomic E-state index is 13.0. The van der Waals surface area contributed by atoms with Gasteiger partial charge in [0.05, 0.1) is 6.54 Å². The molecule has 0 aliphatic heterocycles. The number of halogens is 1. The number of hydrogen-bond donors (Lipinski definition) is 2. The van der Waals surface area contributed by atoms with E-state index >= 15 is 0 Å². The van der Waals surface area contributed by atoms with Gasteiger partial charge in [-0.3, -0.25) is 9.59 Å². The van der Waals surface area contributed by atoms with E-state index in [0.717, 1.165) is 0 Å². The number of amides is 2. The first-order chi connectivity index (χ1) is 10.6. The number of carbonyl (C=O) groups is 2. The highest BCUT2D eigenvalue weighted by molar-refractivity contribution is 5.94. The van der Waals surface area contributed by atoms with Gasteiger partial charge in [-0.2, -0.15) is 0 Å². The first-order valence-electron chi connectivity index (χ1n) is 6.63. The number of anilines is 1. The van der Waals surface area contributed by atoms with Crippen molar-refractivity contribution in [1.29, 1.82) is 0 Å². The highest BCUT2D eigenvalue weighted by Gasteiger charge is 2.07. The first-order valence-corrected chi connectivity index (χ1v) is 6.63. The summed E-state index contributed by atoms with van der Waals surface area (Å²) in [4.78, 5) is 23.2. The second kappa shape index (κ2) is 7.78. The predicted octanol–water partition coefficient (Wildman–Crippen LogP) is 1.96. The van der Waals surface area contributed by atoms with E-state index in [1.54, 1.807) is 30.3 Å². The molecule has 0 heterocycles. The molecule has 0 unspecified atom stereocenters. The summed E-state index contributed by atoms with van der Waals surface area (Å²) in [6, 6.07) is 14.4. The van der Waals surface area contributed by atoms with Crippen molar-refractivity contribution in [3.8, 4) is 5.75 Å². The van der Waals surface area contributed by atoms with Crippen molar-refractivity contribution in [1.82, 2.24) is 5.32 Å². The van der Waals surface area contributed by atoms with E-state index in [1.165, 1.54) is 18.2 Å². The quantitative estimate of drug-likeness (QED) is 0.857. The molecule has 6 heteroatoms. The van der Waals surface area contributed by atoms with Gasteiger partial charge in [-0.25, -0.2) is 4.39 Å². The van der Waals surface area contributed by atoms with Gasteiger partial charge in [-0.1, -0.05) is 24.3 Å². The van der Waals surface area contributed by atoms with Crippen molar-refractivity contribution >= 4 is 17.5 Å². The van der Waals surface area contributed by atoms with E-state index in [1.807, 2.05) is 6.07 Å². The lowest BCUT2D eigenvalue weighted by atomic mass is 10.3. The van der Waals surface area contributed by atoms with Crippen LogP contribution in [0.3, 0.4) is 0 Å². The van der Waals surface area contributed by atoms with Crippen LogP contribution in [0, 0.1) is 5.82 Å². The molecule has 0 radical (unpaired) electrons. The van der Waals surface area contributed by atoms with Crippen molar-refractivity contribution < 1.29 is 18.7 Å². The average molecular weight is 302 g/mol. The minimum Gasteiger partial charge on any atom is -0.484 e. The van der Waals surface area contributed by atoms with Gasteiger partial charge in [-0.15, -0.1) is 0 Å². The molecule has 22 heavy (non-hydrogen) atoms. The third-order valence-electron chi connectivity index (χ3n) is 2.67. The van der Waals surface area contributed by atoms with Crippen LogP contribution in [0.25, 0.3) is 0 Å². The number of rotatable bonds is 6. The van der Waals surface area contributed by atoms with Crippen LogP contribution in [0.2, 0.25) is 0 Å². The van der Waals surface area contributed by atoms with E-state index in [4.69, 9.17) is 4.74 Å². The number of nitrogens with one attached hydrogen (secondary N) is 2. The maximum Gasteiger partial charge on any atom is 0.258 e. The molecule has 2 N–H and O–H groups in total. The van der Waals surface area contributed by atoms with E-state index in [9.17, 15) is 14.0 Å². The molecule has 0 bridgehead atoms. The van der Waals surface area contributed by atoms with Gasteiger partial charge in [0.15, 0.2) is 6.61 Å². The fourth-order valence-electron chi connectivity index (χ4n) is 1.67. The summed E-state index contributed by atoms with van der Waals surface area (Å²) < 4.78 is 18.2. The summed E-state index contributed by atoms with van der Waals surface area (Å²) in [6.07, 6.45) is 0. The van der Waals surface area contributed by atoms with Gasteiger partial charge in [0.1, 0.15) is 11.6 Å². The zero-order valence-electron chi connectivity index (χ0n) is 11.7. The topological polar surface area (TPSA) is 67.4 Å². The summed E-state index contributed by atoms with van der Waals surface area (Å²) in [5, 5.41) is 4.90. The summed E-state index contributed by atoms with van der Waals surface area (Å²) >= 11 is 0. The molecular formula is C16H15FN2O3. The van der Waals surface area contributed by atoms with Crippen molar-refractivity contribution in [2.45, 2.75) is 0 Å². The Morgan fingerprint density at radius 1 is 1.00 bits per heavy atom. The van der Waals surface area contributed by atoms with Crippen molar-refractivity contribution in [2.24, 2.45) is 0 Å². The van der Waals surface area contributed by atoms with Crippen molar-refractivity contribution in [2.75, 3.05) is 18.5 Å². The normalized spacial score (nSPS) is 9.86. The van der Waals surface area contributed by atoms with Crippen LogP contribution in [-0.4, -0.2) is 25.0 Å². The molecule has 2 aromatic rings. The van der Waals surface area contributed by atoms with E-state index in [0.29, 0.717) is 11.4 Å². The molecule has 114 valence electrons. The van der Waals surface area contributed by atoms with Crippen LogP contribution < -0.4 is 15.4 Å². The molecule has 0 aliphatic carbocycles. The second-order valence-corrected chi connectivity index (χ2v) is 4.44. The minimum atomic E-state index is -0.446. The molecular weight excluding hydrogens is 287 g/mol. The Kier molecular flexibility index (Phi) is 5.48. The zero-order chi connectivity index (χ0) is 15.8. The minimum absolute atomic E-state index is 0.183. The Balaban J connectivity index is 1.70. The lowest BCUT2D eigenvalue weighted by Gasteiger charge is -2.08. The third kappa shape index (κ3) is 5.24. The molecule has 0 aromatic heterocycles. The molecule has 0 saturated heterocycles. The highest BCUT2D eigenvalue weighted by Crippen LogP contribution is 2.09. The summed E-state index contributed by atoms with van der Waals surface area (Å²) in [5.74, 6) is -0.739. The Morgan fingerprint density at radius 2 is 1.77 bits per heavy atom. The number of benzene rings is 2. The zero-order valence-corrected chi connectivity index (χ0v) is 11.7. The van der Waals surface area contributed by atoms with E-state index in [2.05, 4.69) is 10.6 Å². The Bertz CT molecular complexity index is 647. The van der Waals surface area contributed by atoms with Crippen molar-refractivity contribution in [3.05, 3.63) is 60.4 Å². The van der Waals surface area contributed by atoms with E-state index < -0.39 is 17.6 Å². The van der Waals surface area contributed by atoms with E-state index in [-0.39, 0.29) is 13.2 Å². The van der Waals surface area contributed by atoms with Gasteiger partial charge in [0.2, 0.25) is 5.91 Å². The fourth-order valence-corrected chi connectivity index (χ4v) is 1.67. The van der Waals surface area contributed by atoms with Gasteiger partial charge in [0, 0.05) is 5.69 Å². The monoisotopic (exact) mass is 302 g/mol. The fraction of sp³-hybridized carbons (Fsp3) is 0.125. The second-order valence-electron chi connectivity index (χ2n) is 4.44. The Labute approximate surface area is 127 Å². The lowest BCUT2D eigenvalue weighted by molar-refractivity contribution is -0.125. The highest BCUT2D eigenvalue weighted by atomic mass is 19.1. The van der Waals surface area contributed by atoms with Crippen LogP contribution >= 0.6 is 0 Å². The molecule has 2 aromatic carbocycles. The van der Waals surface area contributed by atoms with Crippen molar-refractivity contribution in [3.63, 3.8) is 0 Å². The first kappa shape index (κ1) is 15.5. The van der Waals surface area contributed by atoms with Crippen LogP contribution in [-0.2, 0) is 9.59 Å². The van der Waals surface area contributed by atoms with Crippen LogP contribution in [0.4, 0.5) is 10.1 Å². The summed E-state index contributed by atoms with van der Waals surface area (Å²) in [6.45, 7) is -0.398. The molecule has 0 spiro atoms. The molecule has 0 aliphatic rings. The molecule has 2 amide bonds. The largest absolute Gasteiger partial charge is 0.484 e. The molecule has 2 rings (SSSR count). The summed E-state index contributed by atoms with van der Waals surface area (Å²) in [7, 11) is 0. The third-order valence-corrected chi connectivity index (χ3v) is 2.67. The lowest BCUT2D eigenvalue weighted by Crippen LogP contribution is -2.35. The smallest absolute Gasteiger partial charge is 0.258 e. The maximum absolute atomic E-state index is 13.0. The van der Waals surface area contributed by atoms with Gasteiger partial charge in [0.25, 0.3) is 5.91 Å². The van der Waals surface area contributed by atoms with Gasteiger partial charge < -0.3 is 15.4 Å². The number of carbonyl (C=O) groups excluding carboxylic acids is 2. The predicted molar refractivity (Wildman–Crippen MR) is 80.0 cm³/mol. The van der Waals surface area contributed by atoms with Crippen LogP contribution in [0.5, 0.6) is 5.75 Å². The molecule has 5 nitrogen and oxygen atoms in total.